The van der Waals surface area contributed by atoms with Gasteiger partial charge in [-0.3, -0.25) is 4.90 Å². The molecule has 3 nitrogen and oxygen atoms in total. The number of likely N-dealkylation sites (tertiary alicyclic amines) is 1. The third-order valence-corrected chi connectivity index (χ3v) is 7.40. The first-order valence-electron chi connectivity index (χ1n) is 8.49. The molecule has 4 fully saturated rings. The first kappa shape index (κ1) is 13.9. The van der Waals surface area contributed by atoms with Crippen LogP contribution < -0.4 is 5.32 Å². The average Bonchev–Trinajstić information content (AvgIpc) is 3.14. The van der Waals surface area contributed by atoms with E-state index >= 15 is 0 Å². The predicted molar refractivity (Wildman–Crippen MR) is 84.3 cm³/mol. The van der Waals surface area contributed by atoms with Crippen molar-refractivity contribution in [1.82, 2.24) is 10.2 Å². The summed E-state index contributed by atoms with van der Waals surface area (Å²) in [6.45, 7) is 7.22. The van der Waals surface area contributed by atoms with Crippen LogP contribution in [0.25, 0.3) is 0 Å². The second-order valence-electron chi connectivity index (χ2n) is 7.24. The van der Waals surface area contributed by atoms with Gasteiger partial charge in [-0.2, -0.15) is 11.8 Å². The quantitative estimate of drug-likeness (QED) is 0.842. The van der Waals surface area contributed by atoms with Crippen LogP contribution in [-0.4, -0.2) is 60.3 Å². The van der Waals surface area contributed by atoms with Gasteiger partial charge in [0, 0.05) is 31.0 Å². The van der Waals surface area contributed by atoms with Gasteiger partial charge in [-0.1, -0.05) is 6.92 Å². The Hall–Kier alpha value is 0.230. The number of hydrogen-bond donors (Lipinski definition) is 1. The SMILES string of the molecule is CCC1C2CNCC2CN1C1CCOC2(CCSC2)C1. The van der Waals surface area contributed by atoms with E-state index in [1.165, 1.54) is 56.8 Å². The van der Waals surface area contributed by atoms with Crippen LogP contribution in [0.5, 0.6) is 0 Å². The summed E-state index contributed by atoms with van der Waals surface area (Å²) >= 11 is 2.09. The van der Waals surface area contributed by atoms with Crippen molar-refractivity contribution in [3.8, 4) is 0 Å². The number of rotatable bonds is 2. The van der Waals surface area contributed by atoms with Crippen molar-refractivity contribution >= 4 is 11.8 Å². The minimum Gasteiger partial charge on any atom is -0.374 e. The van der Waals surface area contributed by atoms with Gasteiger partial charge in [0.15, 0.2) is 0 Å². The van der Waals surface area contributed by atoms with Crippen LogP contribution in [-0.2, 0) is 4.74 Å². The lowest BCUT2D eigenvalue weighted by molar-refractivity contribution is -0.0926. The zero-order valence-corrected chi connectivity index (χ0v) is 13.5. The van der Waals surface area contributed by atoms with E-state index in [9.17, 15) is 0 Å². The van der Waals surface area contributed by atoms with Gasteiger partial charge in [-0.15, -0.1) is 0 Å². The van der Waals surface area contributed by atoms with E-state index in [4.69, 9.17) is 4.74 Å². The van der Waals surface area contributed by atoms with Crippen LogP contribution in [0.4, 0.5) is 0 Å². The summed E-state index contributed by atoms with van der Waals surface area (Å²) in [4.78, 5) is 2.89. The number of hydrogen-bond acceptors (Lipinski definition) is 4. The van der Waals surface area contributed by atoms with Crippen molar-refractivity contribution in [2.45, 2.75) is 50.3 Å². The molecule has 0 aromatic rings. The molecule has 4 aliphatic heterocycles. The summed E-state index contributed by atoms with van der Waals surface area (Å²) in [5.41, 5.74) is 0.238. The number of thioether (sulfide) groups is 1. The minimum absolute atomic E-state index is 0.238. The maximum Gasteiger partial charge on any atom is 0.0795 e. The zero-order chi connectivity index (χ0) is 13.6. The van der Waals surface area contributed by atoms with Gasteiger partial charge < -0.3 is 10.1 Å². The topological polar surface area (TPSA) is 24.5 Å². The van der Waals surface area contributed by atoms with E-state index in [2.05, 4.69) is 28.9 Å². The monoisotopic (exact) mass is 296 g/mol. The van der Waals surface area contributed by atoms with E-state index in [-0.39, 0.29) is 5.60 Å². The molecule has 1 N–H and O–H groups in total. The highest BCUT2D eigenvalue weighted by Gasteiger charge is 2.49. The third kappa shape index (κ3) is 2.23. The summed E-state index contributed by atoms with van der Waals surface area (Å²) in [6, 6.07) is 1.61. The number of nitrogens with zero attached hydrogens (tertiary/aromatic N) is 1. The van der Waals surface area contributed by atoms with E-state index in [1.807, 2.05) is 0 Å². The first-order valence-corrected chi connectivity index (χ1v) is 9.65. The lowest BCUT2D eigenvalue weighted by Gasteiger charge is -2.44. The van der Waals surface area contributed by atoms with Crippen LogP contribution in [0.1, 0.15) is 32.6 Å². The van der Waals surface area contributed by atoms with Crippen LogP contribution in [0.2, 0.25) is 0 Å². The summed E-state index contributed by atoms with van der Waals surface area (Å²) in [7, 11) is 0. The molecule has 20 heavy (non-hydrogen) atoms. The molecule has 4 rings (SSSR count). The summed E-state index contributed by atoms with van der Waals surface area (Å²) in [5.74, 6) is 4.37. The molecule has 4 heterocycles. The van der Waals surface area contributed by atoms with Gasteiger partial charge in [0.2, 0.25) is 0 Å². The Morgan fingerprint density at radius 1 is 1.40 bits per heavy atom. The van der Waals surface area contributed by atoms with Crippen molar-refractivity contribution in [3.05, 3.63) is 0 Å². The molecular weight excluding hydrogens is 268 g/mol. The van der Waals surface area contributed by atoms with Gasteiger partial charge in [-0.05, 0) is 56.4 Å². The largest absolute Gasteiger partial charge is 0.374 e. The van der Waals surface area contributed by atoms with Gasteiger partial charge in [0.25, 0.3) is 0 Å². The third-order valence-electron chi connectivity index (χ3n) is 6.18. The van der Waals surface area contributed by atoms with Crippen molar-refractivity contribution in [3.63, 3.8) is 0 Å². The molecule has 0 saturated carbocycles. The van der Waals surface area contributed by atoms with E-state index in [0.717, 1.165) is 30.5 Å². The molecule has 5 unspecified atom stereocenters. The molecule has 0 aromatic heterocycles. The molecule has 114 valence electrons. The Balaban J connectivity index is 1.49. The standard InChI is InChI=1S/C16H28N2OS/c1-2-15-14-9-17-8-12(14)10-18(15)13-3-5-19-16(7-13)4-6-20-11-16/h12-15,17H,2-11H2,1H3. The van der Waals surface area contributed by atoms with Crippen LogP contribution in [0.3, 0.4) is 0 Å². The molecule has 4 saturated heterocycles. The average molecular weight is 296 g/mol. The van der Waals surface area contributed by atoms with Crippen molar-refractivity contribution in [2.75, 3.05) is 37.7 Å². The Bertz CT molecular complexity index is 358. The summed E-state index contributed by atoms with van der Waals surface area (Å²) in [6.07, 6.45) is 5.16. The van der Waals surface area contributed by atoms with E-state index < -0.39 is 0 Å². The number of nitrogens with one attached hydrogen (secondary N) is 1. The molecule has 4 heteroatoms. The maximum absolute atomic E-state index is 6.22. The van der Waals surface area contributed by atoms with Crippen LogP contribution >= 0.6 is 11.8 Å². The van der Waals surface area contributed by atoms with Gasteiger partial charge in [0.05, 0.1) is 5.60 Å². The van der Waals surface area contributed by atoms with Gasteiger partial charge in [-0.25, -0.2) is 0 Å². The Labute approximate surface area is 127 Å². The number of ether oxygens (including phenoxy) is 1. The molecule has 0 radical (unpaired) electrons. The predicted octanol–water partition coefficient (Wildman–Crippen LogP) is 1.97. The van der Waals surface area contributed by atoms with Gasteiger partial charge >= 0.3 is 0 Å². The molecule has 0 aromatic carbocycles. The van der Waals surface area contributed by atoms with Gasteiger partial charge in [0.1, 0.15) is 0 Å². The normalized spacial score (nSPS) is 49.0. The summed E-state index contributed by atoms with van der Waals surface area (Å²) in [5, 5.41) is 3.61. The molecule has 0 amide bonds. The Kier molecular flexibility index (Phi) is 3.78. The lowest BCUT2D eigenvalue weighted by atomic mass is 9.88. The van der Waals surface area contributed by atoms with Crippen molar-refractivity contribution in [2.24, 2.45) is 11.8 Å². The highest BCUT2D eigenvalue weighted by Crippen LogP contribution is 2.43. The zero-order valence-electron chi connectivity index (χ0n) is 12.6. The molecule has 5 atom stereocenters. The fourth-order valence-corrected chi connectivity index (χ4v) is 6.54. The van der Waals surface area contributed by atoms with E-state index in [0.29, 0.717) is 0 Å². The highest BCUT2D eigenvalue weighted by molar-refractivity contribution is 7.99. The number of fused-ring (bicyclic) bond motifs is 1. The molecule has 0 bridgehead atoms. The van der Waals surface area contributed by atoms with Crippen LogP contribution in [0, 0.1) is 11.8 Å². The minimum atomic E-state index is 0.238. The van der Waals surface area contributed by atoms with Crippen molar-refractivity contribution < 1.29 is 4.74 Å². The summed E-state index contributed by atoms with van der Waals surface area (Å²) < 4.78 is 6.22. The molecule has 1 spiro atoms. The van der Waals surface area contributed by atoms with Crippen molar-refractivity contribution in [1.29, 1.82) is 0 Å². The lowest BCUT2D eigenvalue weighted by Crippen LogP contribution is -2.51. The highest BCUT2D eigenvalue weighted by atomic mass is 32.2. The smallest absolute Gasteiger partial charge is 0.0795 e. The second kappa shape index (κ2) is 5.45. The Morgan fingerprint density at radius 3 is 3.15 bits per heavy atom. The fraction of sp³-hybridized carbons (Fsp3) is 1.00. The van der Waals surface area contributed by atoms with E-state index in [1.54, 1.807) is 0 Å². The van der Waals surface area contributed by atoms with Crippen LogP contribution in [0.15, 0.2) is 0 Å². The molecule has 0 aliphatic carbocycles. The maximum atomic E-state index is 6.22. The second-order valence-corrected chi connectivity index (χ2v) is 8.34. The molecule has 4 aliphatic rings. The molecular formula is C16H28N2OS. The Morgan fingerprint density at radius 2 is 2.35 bits per heavy atom. The first-order chi connectivity index (χ1) is 9.81. The fourth-order valence-electron chi connectivity index (χ4n) is 5.16.